The van der Waals surface area contributed by atoms with Crippen LogP contribution in [-0.2, 0) is 0 Å². The third-order valence-corrected chi connectivity index (χ3v) is 4.27. The molecule has 0 saturated carbocycles. The van der Waals surface area contributed by atoms with Gasteiger partial charge < -0.3 is 4.90 Å². The van der Waals surface area contributed by atoms with Crippen LogP contribution < -0.4 is 4.90 Å². The molecule has 120 valence electrons. The number of benzene rings is 2. The zero-order valence-corrected chi connectivity index (χ0v) is 13.8. The fraction of sp³-hybridized carbons (Fsp3) is 0.118. The monoisotopic (exact) mass is 341 g/mol. The second kappa shape index (κ2) is 5.42. The van der Waals surface area contributed by atoms with Gasteiger partial charge in [-0.3, -0.25) is 4.40 Å². The molecule has 7 heteroatoms. The van der Waals surface area contributed by atoms with Crippen LogP contribution in [0.25, 0.3) is 16.7 Å². The lowest BCUT2D eigenvalue weighted by Gasteiger charge is -2.21. The SMILES string of the molecule is Cc1cccc(N(C)c2nc3nncn3c3cc(Cl)c(F)cc23)c1. The highest BCUT2D eigenvalue weighted by Crippen LogP contribution is 2.32. The molecule has 2 heterocycles. The average molecular weight is 342 g/mol. The van der Waals surface area contributed by atoms with Crippen molar-refractivity contribution in [1.29, 1.82) is 0 Å². The molecule has 0 bridgehead atoms. The first kappa shape index (κ1) is 14.8. The Bertz CT molecular complexity index is 1080. The highest BCUT2D eigenvalue weighted by molar-refractivity contribution is 6.31. The van der Waals surface area contributed by atoms with Crippen LogP contribution in [-0.4, -0.2) is 26.6 Å². The molecule has 0 saturated heterocycles. The Hall–Kier alpha value is -2.73. The molecule has 2 aromatic heterocycles. The fourth-order valence-corrected chi connectivity index (χ4v) is 2.92. The van der Waals surface area contributed by atoms with Crippen LogP contribution in [0.5, 0.6) is 0 Å². The van der Waals surface area contributed by atoms with Gasteiger partial charge in [-0.25, -0.2) is 4.39 Å². The van der Waals surface area contributed by atoms with E-state index in [-0.39, 0.29) is 5.02 Å². The van der Waals surface area contributed by atoms with Gasteiger partial charge in [0, 0.05) is 18.1 Å². The summed E-state index contributed by atoms with van der Waals surface area (Å²) in [5.41, 5.74) is 2.77. The smallest absolute Gasteiger partial charge is 0.257 e. The van der Waals surface area contributed by atoms with Gasteiger partial charge in [-0.2, -0.15) is 4.98 Å². The average Bonchev–Trinajstić information content (AvgIpc) is 3.03. The predicted octanol–water partition coefficient (Wildman–Crippen LogP) is 4.15. The summed E-state index contributed by atoms with van der Waals surface area (Å²) in [5, 5.41) is 8.58. The Morgan fingerprint density at radius 3 is 2.83 bits per heavy atom. The van der Waals surface area contributed by atoms with E-state index in [4.69, 9.17) is 11.6 Å². The maximum atomic E-state index is 14.1. The summed E-state index contributed by atoms with van der Waals surface area (Å²) in [7, 11) is 1.88. The van der Waals surface area contributed by atoms with Gasteiger partial charge in [-0.05, 0) is 36.8 Å². The number of nitrogens with zero attached hydrogens (tertiary/aromatic N) is 5. The first-order valence-corrected chi connectivity index (χ1v) is 7.71. The summed E-state index contributed by atoms with van der Waals surface area (Å²) >= 11 is 5.96. The van der Waals surface area contributed by atoms with E-state index in [0.29, 0.717) is 22.5 Å². The van der Waals surface area contributed by atoms with Gasteiger partial charge in [-0.1, -0.05) is 23.7 Å². The normalized spacial score (nSPS) is 11.3. The van der Waals surface area contributed by atoms with Crippen LogP contribution in [0.15, 0.2) is 42.7 Å². The summed E-state index contributed by atoms with van der Waals surface area (Å²) in [5.74, 6) is 0.531. The van der Waals surface area contributed by atoms with Crippen molar-refractivity contribution in [1.82, 2.24) is 19.6 Å². The van der Waals surface area contributed by atoms with Crippen molar-refractivity contribution < 1.29 is 4.39 Å². The molecule has 24 heavy (non-hydrogen) atoms. The molecule has 0 aliphatic rings. The molecule has 0 aliphatic carbocycles. The molecule has 0 radical (unpaired) electrons. The van der Waals surface area contributed by atoms with E-state index in [1.54, 1.807) is 10.5 Å². The number of aromatic nitrogens is 4. The van der Waals surface area contributed by atoms with E-state index in [9.17, 15) is 4.39 Å². The van der Waals surface area contributed by atoms with Crippen molar-refractivity contribution in [2.45, 2.75) is 6.92 Å². The lowest BCUT2D eigenvalue weighted by atomic mass is 10.2. The molecular formula is C17H13ClFN5. The van der Waals surface area contributed by atoms with Gasteiger partial charge in [-0.15, -0.1) is 10.2 Å². The van der Waals surface area contributed by atoms with Gasteiger partial charge in [0.2, 0.25) is 0 Å². The first-order valence-electron chi connectivity index (χ1n) is 7.33. The van der Waals surface area contributed by atoms with Crippen LogP contribution in [0.3, 0.4) is 0 Å². The third-order valence-electron chi connectivity index (χ3n) is 3.98. The van der Waals surface area contributed by atoms with Gasteiger partial charge in [0.15, 0.2) is 0 Å². The molecule has 4 rings (SSSR count). The van der Waals surface area contributed by atoms with E-state index >= 15 is 0 Å². The molecule has 0 aliphatic heterocycles. The topological polar surface area (TPSA) is 46.3 Å². The number of hydrogen-bond donors (Lipinski definition) is 0. The molecule has 5 nitrogen and oxygen atoms in total. The molecule has 0 fully saturated rings. The molecule has 0 N–H and O–H groups in total. The maximum Gasteiger partial charge on any atom is 0.257 e. The number of rotatable bonds is 2. The quantitative estimate of drug-likeness (QED) is 0.549. The van der Waals surface area contributed by atoms with Crippen molar-refractivity contribution in [2.75, 3.05) is 11.9 Å². The first-order chi connectivity index (χ1) is 11.5. The molecule has 4 aromatic rings. The lowest BCUT2D eigenvalue weighted by molar-refractivity contribution is 0.630. The summed E-state index contributed by atoms with van der Waals surface area (Å²) < 4.78 is 15.8. The van der Waals surface area contributed by atoms with Crippen molar-refractivity contribution >= 4 is 39.8 Å². The Labute approximate surface area is 142 Å². The lowest BCUT2D eigenvalue weighted by Crippen LogP contribution is -2.13. The maximum absolute atomic E-state index is 14.1. The van der Waals surface area contributed by atoms with Crippen molar-refractivity contribution in [3.63, 3.8) is 0 Å². The van der Waals surface area contributed by atoms with Crippen molar-refractivity contribution in [2.24, 2.45) is 0 Å². The van der Waals surface area contributed by atoms with E-state index in [2.05, 4.69) is 15.2 Å². The van der Waals surface area contributed by atoms with Gasteiger partial charge in [0.05, 0.1) is 10.5 Å². The highest BCUT2D eigenvalue weighted by atomic mass is 35.5. The Balaban J connectivity index is 2.04. The summed E-state index contributed by atoms with van der Waals surface area (Å²) in [6.45, 7) is 2.02. The van der Waals surface area contributed by atoms with E-state index in [0.717, 1.165) is 11.3 Å². The molecule has 0 spiro atoms. The van der Waals surface area contributed by atoms with E-state index < -0.39 is 5.82 Å². The van der Waals surface area contributed by atoms with Gasteiger partial charge >= 0.3 is 0 Å². The summed E-state index contributed by atoms with van der Waals surface area (Å²) in [4.78, 5) is 6.45. The van der Waals surface area contributed by atoms with Crippen LogP contribution >= 0.6 is 11.6 Å². The minimum absolute atomic E-state index is 0.0489. The molecule has 0 atom stereocenters. The Kier molecular flexibility index (Phi) is 3.35. The zero-order chi connectivity index (χ0) is 16.8. The van der Waals surface area contributed by atoms with E-state index in [1.165, 1.54) is 12.4 Å². The second-order valence-electron chi connectivity index (χ2n) is 5.62. The fourth-order valence-electron chi connectivity index (χ4n) is 2.76. The van der Waals surface area contributed by atoms with Crippen molar-refractivity contribution in [3.8, 4) is 0 Å². The Morgan fingerprint density at radius 2 is 2.04 bits per heavy atom. The Morgan fingerprint density at radius 1 is 1.21 bits per heavy atom. The van der Waals surface area contributed by atoms with Crippen LogP contribution in [0.4, 0.5) is 15.9 Å². The molecule has 2 aromatic carbocycles. The number of hydrogen-bond acceptors (Lipinski definition) is 4. The van der Waals surface area contributed by atoms with Crippen molar-refractivity contribution in [3.05, 3.63) is 59.1 Å². The second-order valence-corrected chi connectivity index (χ2v) is 6.03. The molecule has 0 amide bonds. The van der Waals surface area contributed by atoms with Crippen LogP contribution in [0.2, 0.25) is 5.02 Å². The van der Waals surface area contributed by atoms with Crippen LogP contribution in [0.1, 0.15) is 5.56 Å². The minimum atomic E-state index is -0.489. The summed E-state index contributed by atoms with van der Waals surface area (Å²) in [6.07, 6.45) is 1.54. The largest absolute Gasteiger partial charge is 0.329 e. The summed E-state index contributed by atoms with van der Waals surface area (Å²) in [6, 6.07) is 11.0. The van der Waals surface area contributed by atoms with E-state index in [1.807, 2.05) is 43.1 Å². The third kappa shape index (κ3) is 2.27. The van der Waals surface area contributed by atoms with Gasteiger partial charge in [0.1, 0.15) is 18.0 Å². The minimum Gasteiger partial charge on any atom is -0.329 e. The zero-order valence-electron chi connectivity index (χ0n) is 13.0. The molecular weight excluding hydrogens is 329 g/mol. The number of halogens is 2. The molecule has 0 unspecified atom stereocenters. The highest BCUT2D eigenvalue weighted by Gasteiger charge is 2.16. The number of fused-ring (bicyclic) bond motifs is 3. The number of aryl methyl sites for hydroxylation is 1. The standard InChI is InChI=1S/C17H13ClFN5/c1-10-4-3-5-11(6-10)23(2)16-12-7-14(19)13(18)8-15(12)24-9-20-22-17(24)21-16/h3-9H,1-2H3. The van der Waals surface area contributed by atoms with Crippen LogP contribution in [0, 0.1) is 12.7 Å². The van der Waals surface area contributed by atoms with Gasteiger partial charge in [0.25, 0.3) is 5.78 Å². The predicted molar refractivity (Wildman–Crippen MR) is 92.5 cm³/mol. The number of anilines is 2.